The van der Waals surface area contributed by atoms with Gasteiger partial charge < -0.3 is 16.6 Å². The van der Waals surface area contributed by atoms with E-state index in [1.807, 2.05) is 24.3 Å². The van der Waals surface area contributed by atoms with Crippen LogP contribution in [-0.2, 0) is 12.1 Å². The van der Waals surface area contributed by atoms with Crippen LogP contribution in [0, 0.1) is 0 Å². The molecule has 0 saturated carbocycles. The first kappa shape index (κ1) is 8.69. The molecule has 0 aliphatic heterocycles. The fourth-order valence-corrected chi connectivity index (χ4v) is 1.87. The van der Waals surface area contributed by atoms with Gasteiger partial charge in [0.05, 0.1) is 6.10 Å². The van der Waals surface area contributed by atoms with E-state index in [-0.39, 0.29) is 0 Å². The number of benzene rings is 1. The molecule has 0 amide bonds. The van der Waals surface area contributed by atoms with Crippen LogP contribution >= 0.6 is 0 Å². The molecule has 0 radical (unpaired) electrons. The second kappa shape index (κ2) is 2.80. The van der Waals surface area contributed by atoms with Crippen molar-refractivity contribution in [3.8, 4) is 0 Å². The molecule has 13 heavy (non-hydrogen) atoms. The fraction of sp³-hybridized carbons (Fsp3) is 0.400. The number of nitrogens with two attached hydrogens (primary N) is 2. The third-order valence-electron chi connectivity index (χ3n) is 2.72. The summed E-state index contributed by atoms with van der Waals surface area (Å²) < 4.78 is 0. The van der Waals surface area contributed by atoms with Gasteiger partial charge in [-0.25, -0.2) is 0 Å². The lowest BCUT2D eigenvalue weighted by Gasteiger charge is -2.36. The maximum Gasteiger partial charge on any atom is 0.117 e. The normalized spacial score (nSPS) is 25.3. The van der Waals surface area contributed by atoms with Crippen molar-refractivity contribution in [3.05, 3.63) is 35.4 Å². The monoisotopic (exact) mass is 178 g/mol. The highest BCUT2D eigenvalue weighted by molar-refractivity contribution is 5.36. The van der Waals surface area contributed by atoms with Gasteiger partial charge >= 0.3 is 0 Å². The number of aryl methyl sites for hydroxylation is 1. The molecule has 0 heterocycles. The Morgan fingerprint density at radius 1 is 1.31 bits per heavy atom. The number of aliphatic hydroxyl groups is 1. The maximum absolute atomic E-state index is 9.63. The molecule has 70 valence electrons. The Balaban J connectivity index is 2.52. The topological polar surface area (TPSA) is 72.3 Å². The van der Waals surface area contributed by atoms with Crippen LogP contribution in [0.4, 0.5) is 0 Å². The molecule has 2 rings (SSSR count). The van der Waals surface area contributed by atoms with Gasteiger partial charge in [-0.3, -0.25) is 0 Å². The quantitative estimate of drug-likeness (QED) is 0.492. The van der Waals surface area contributed by atoms with Crippen molar-refractivity contribution in [2.45, 2.75) is 24.6 Å². The molecule has 1 unspecified atom stereocenters. The fourth-order valence-electron chi connectivity index (χ4n) is 1.87. The first-order valence-electron chi connectivity index (χ1n) is 4.46. The summed E-state index contributed by atoms with van der Waals surface area (Å²) >= 11 is 0. The molecule has 1 aliphatic rings. The summed E-state index contributed by atoms with van der Waals surface area (Å²) in [4.78, 5) is 0. The van der Waals surface area contributed by atoms with E-state index in [0.29, 0.717) is 6.42 Å². The average molecular weight is 178 g/mol. The van der Waals surface area contributed by atoms with E-state index in [4.69, 9.17) is 11.5 Å². The van der Waals surface area contributed by atoms with Crippen LogP contribution in [0.3, 0.4) is 0 Å². The molecule has 0 bridgehead atoms. The van der Waals surface area contributed by atoms with Crippen LogP contribution in [0.15, 0.2) is 24.3 Å². The highest BCUT2D eigenvalue weighted by Gasteiger charge is 2.36. The lowest BCUT2D eigenvalue weighted by atomic mass is 9.81. The average Bonchev–Trinajstić information content (AvgIpc) is 2.13. The predicted molar refractivity (Wildman–Crippen MR) is 50.8 cm³/mol. The molecule has 1 atom stereocenters. The van der Waals surface area contributed by atoms with Crippen molar-refractivity contribution >= 4 is 0 Å². The number of hydrogen-bond acceptors (Lipinski definition) is 3. The van der Waals surface area contributed by atoms with E-state index in [0.717, 1.165) is 17.5 Å². The zero-order valence-electron chi connectivity index (χ0n) is 7.40. The first-order chi connectivity index (χ1) is 6.12. The van der Waals surface area contributed by atoms with E-state index in [2.05, 4.69) is 0 Å². The molecule has 0 spiro atoms. The van der Waals surface area contributed by atoms with Crippen molar-refractivity contribution in [2.24, 2.45) is 11.5 Å². The summed E-state index contributed by atoms with van der Waals surface area (Å²) in [5.74, 6) is 0. The SMILES string of the molecule is NC1(N)c2ccccc2CCC1O. The Labute approximate surface area is 77.4 Å². The molecule has 1 aliphatic carbocycles. The van der Waals surface area contributed by atoms with Gasteiger partial charge in [0.15, 0.2) is 0 Å². The van der Waals surface area contributed by atoms with Crippen LogP contribution in [0.25, 0.3) is 0 Å². The van der Waals surface area contributed by atoms with Crippen molar-refractivity contribution in [3.63, 3.8) is 0 Å². The van der Waals surface area contributed by atoms with E-state index in [9.17, 15) is 5.11 Å². The highest BCUT2D eigenvalue weighted by Crippen LogP contribution is 2.29. The Morgan fingerprint density at radius 3 is 2.77 bits per heavy atom. The van der Waals surface area contributed by atoms with Gasteiger partial charge in [0.25, 0.3) is 0 Å². The lowest BCUT2D eigenvalue weighted by Crippen LogP contribution is -2.58. The number of rotatable bonds is 0. The molecule has 1 aromatic carbocycles. The zero-order valence-corrected chi connectivity index (χ0v) is 7.40. The van der Waals surface area contributed by atoms with Crippen LogP contribution in [0.5, 0.6) is 0 Å². The Bertz CT molecular complexity index is 322. The Morgan fingerprint density at radius 2 is 2.00 bits per heavy atom. The third kappa shape index (κ3) is 1.25. The second-order valence-corrected chi connectivity index (χ2v) is 3.64. The Hall–Kier alpha value is -0.900. The minimum atomic E-state index is -1.07. The van der Waals surface area contributed by atoms with Crippen LogP contribution in [0.2, 0.25) is 0 Å². The van der Waals surface area contributed by atoms with Gasteiger partial charge in [0.1, 0.15) is 5.66 Å². The number of aliphatic hydroxyl groups excluding tert-OH is 1. The number of fused-ring (bicyclic) bond motifs is 1. The molecule has 5 N–H and O–H groups in total. The van der Waals surface area contributed by atoms with Gasteiger partial charge in [0.2, 0.25) is 0 Å². The Kier molecular flexibility index (Phi) is 1.87. The van der Waals surface area contributed by atoms with Crippen LogP contribution < -0.4 is 11.5 Å². The highest BCUT2D eigenvalue weighted by atomic mass is 16.3. The van der Waals surface area contributed by atoms with Crippen molar-refractivity contribution in [2.75, 3.05) is 0 Å². The van der Waals surface area contributed by atoms with Gasteiger partial charge in [-0.05, 0) is 24.0 Å². The molecule has 1 aromatic rings. The largest absolute Gasteiger partial charge is 0.389 e. The van der Waals surface area contributed by atoms with Gasteiger partial charge in [0, 0.05) is 0 Å². The molecule has 0 aromatic heterocycles. The van der Waals surface area contributed by atoms with Crippen molar-refractivity contribution in [1.29, 1.82) is 0 Å². The maximum atomic E-state index is 9.63. The third-order valence-corrected chi connectivity index (χ3v) is 2.72. The van der Waals surface area contributed by atoms with E-state index >= 15 is 0 Å². The van der Waals surface area contributed by atoms with Crippen molar-refractivity contribution < 1.29 is 5.11 Å². The van der Waals surface area contributed by atoms with Gasteiger partial charge in [-0.1, -0.05) is 24.3 Å². The summed E-state index contributed by atoms with van der Waals surface area (Å²) in [6.07, 6.45) is 0.861. The van der Waals surface area contributed by atoms with Gasteiger partial charge in [-0.15, -0.1) is 0 Å². The van der Waals surface area contributed by atoms with Crippen molar-refractivity contribution in [1.82, 2.24) is 0 Å². The summed E-state index contributed by atoms with van der Waals surface area (Å²) in [5, 5.41) is 9.63. The van der Waals surface area contributed by atoms with Crippen LogP contribution in [0.1, 0.15) is 17.5 Å². The van der Waals surface area contributed by atoms with Crippen LogP contribution in [-0.4, -0.2) is 11.2 Å². The predicted octanol–water partition coefficient (Wildman–Crippen LogP) is 0.0639. The minimum Gasteiger partial charge on any atom is -0.389 e. The molecular formula is C10H14N2O. The lowest BCUT2D eigenvalue weighted by molar-refractivity contribution is 0.0694. The smallest absolute Gasteiger partial charge is 0.117 e. The standard InChI is InChI=1S/C10H14N2O/c11-10(12)8-4-2-1-3-7(8)5-6-9(10)13/h1-4,9,13H,5-6,11-12H2. The molecule has 3 nitrogen and oxygen atoms in total. The van der Waals surface area contributed by atoms with E-state index < -0.39 is 11.8 Å². The molecular weight excluding hydrogens is 164 g/mol. The second-order valence-electron chi connectivity index (χ2n) is 3.64. The summed E-state index contributed by atoms with van der Waals surface area (Å²) in [6.45, 7) is 0. The number of hydrogen-bond donors (Lipinski definition) is 3. The molecule has 0 saturated heterocycles. The van der Waals surface area contributed by atoms with Gasteiger partial charge in [-0.2, -0.15) is 0 Å². The van der Waals surface area contributed by atoms with E-state index in [1.54, 1.807) is 0 Å². The summed E-state index contributed by atoms with van der Waals surface area (Å²) in [6, 6.07) is 7.76. The molecule has 0 fully saturated rings. The summed E-state index contributed by atoms with van der Waals surface area (Å²) in [7, 11) is 0. The zero-order chi connectivity index (χ0) is 9.47. The first-order valence-corrected chi connectivity index (χ1v) is 4.46. The summed E-state index contributed by atoms with van der Waals surface area (Å²) in [5.41, 5.74) is 12.7. The molecule has 3 heteroatoms. The minimum absolute atomic E-state index is 0.637. The van der Waals surface area contributed by atoms with E-state index in [1.165, 1.54) is 0 Å².